The van der Waals surface area contributed by atoms with Gasteiger partial charge in [0.05, 0.1) is 6.54 Å². The van der Waals surface area contributed by atoms with E-state index in [1.807, 2.05) is 0 Å². The molecule has 1 heteroatoms. The molecule has 0 unspecified atom stereocenters. The summed E-state index contributed by atoms with van der Waals surface area (Å²) in [6, 6.07) is 2.61. The van der Waals surface area contributed by atoms with E-state index < -0.39 is 0 Å². The van der Waals surface area contributed by atoms with Gasteiger partial charge in [0.15, 0.2) is 0 Å². The lowest BCUT2D eigenvalue weighted by Crippen LogP contribution is -2.06. The fourth-order valence-corrected chi connectivity index (χ4v) is 0.252. The van der Waals surface area contributed by atoms with Crippen LogP contribution in [0.3, 0.4) is 0 Å². The molecule has 1 aliphatic heterocycles. The second-order valence-electron chi connectivity index (χ2n) is 0.905. The van der Waals surface area contributed by atoms with E-state index in [1.54, 1.807) is 0 Å². The van der Waals surface area contributed by atoms with Crippen molar-refractivity contribution in [2.45, 2.75) is 0 Å². The highest BCUT2D eigenvalue weighted by Gasteiger charge is 1.70. The zero-order valence-electron chi connectivity index (χ0n) is 3.21. The van der Waals surface area contributed by atoms with Gasteiger partial charge in [-0.25, -0.2) is 0 Å². The van der Waals surface area contributed by atoms with Gasteiger partial charge in [0.1, 0.15) is 0 Å². The van der Waals surface area contributed by atoms with Crippen LogP contribution in [0.25, 0.3) is 0 Å². The summed E-state index contributed by atoms with van der Waals surface area (Å²) in [6.07, 6.45) is 0. The maximum atomic E-state index is 2.75. The van der Waals surface area contributed by atoms with Gasteiger partial charge in [-0.3, -0.25) is 0 Å². The fourth-order valence-electron chi connectivity index (χ4n) is 0.252. The van der Waals surface area contributed by atoms with Gasteiger partial charge in [-0.05, 0) is 5.92 Å². The van der Waals surface area contributed by atoms with Crippen molar-refractivity contribution >= 4 is 0 Å². The van der Waals surface area contributed by atoms with Gasteiger partial charge in [-0.15, -0.1) is 0 Å². The zero-order chi connectivity index (χ0) is 4.24. The Kier molecular flexibility index (Phi) is 0.719. The van der Waals surface area contributed by atoms with Crippen molar-refractivity contribution in [1.29, 1.82) is 0 Å². The minimum absolute atomic E-state index is 0.715. The first-order valence-electron chi connectivity index (χ1n) is 1.71. The van der Waals surface area contributed by atoms with Crippen LogP contribution in [0, 0.1) is 23.8 Å². The molecule has 0 atom stereocenters. The van der Waals surface area contributed by atoms with Gasteiger partial charge in [0.2, 0.25) is 0 Å². The molecule has 28 valence electrons. The topological polar surface area (TPSA) is 12.0 Å². The van der Waals surface area contributed by atoms with E-state index in [-0.39, 0.29) is 0 Å². The first-order valence-corrected chi connectivity index (χ1v) is 1.71. The molecule has 0 saturated heterocycles. The maximum Gasteiger partial charge on any atom is 0.0851 e. The molecule has 1 N–H and O–H groups in total. The molecule has 0 radical (unpaired) electrons. The zero-order valence-corrected chi connectivity index (χ0v) is 3.21. The van der Waals surface area contributed by atoms with Crippen LogP contribution in [0.1, 0.15) is 0 Å². The van der Waals surface area contributed by atoms with Crippen molar-refractivity contribution in [2.75, 3.05) is 6.54 Å². The van der Waals surface area contributed by atoms with Crippen LogP contribution in [0.15, 0.2) is 0 Å². The third-order valence-electron chi connectivity index (χ3n) is 0.479. The Labute approximate surface area is 36.7 Å². The molecule has 1 heterocycles. The summed E-state index contributed by atoms with van der Waals surface area (Å²) < 4.78 is 0. The Balaban J connectivity index is 2.67. The monoisotopic (exact) mass is 77.0 g/mol. The summed E-state index contributed by atoms with van der Waals surface area (Å²) in [6.45, 7) is 0.715. The van der Waals surface area contributed by atoms with Gasteiger partial charge in [-0.2, -0.15) is 0 Å². The SMILES string of the molecule is C1#CCNC#C1. The number of hydrogen-bond donors (Lipinski definition) is 1. The molecular weight excluding hydrogens is 74.1 g/mol. The van der Waals surface area contributed by atoms with Crippen LogP contribution in [0.2, 0.25) is 0 Å². The smallest absolute Gasteiger partial charge is 0.0851 e. The van der Waals surface area contributed by atoms with E-state index in [9.17, 15) is 0 Å². The summed E-state index contributed by atoms with van der Waals surface area (Å²) >= 11 is 0. The van der Waals surface area contributed by atoms with Crippen molar-refractivity contribution in [3.8, 4) is 23.8 Å². The molecule has 0 saturated carbocycles. The molecule has 0 fully saturated rings. The molecule has 1 aliphatic rings. The van der Waals surface area contributed by atoms with Gasteiger partial charge < -0.3 is 5.32 Å². The minimum Gasteiger partial charge on any atom is -0.333 e. The van der Waals surface area contributed by atoms with Crippen LogP contribution in [-0.4, -0.2) is 6.54 Å². The van der Waals surface area contributed by atoms with Gasteiger partial charge in [0, 0.05) is 12.0 Å². The second-order valence-corrected chi connectivity index (χ2v) is 0.905. The first kappa shape index (κ1) is 3.12. The Bertz CT molecular complexity index is 128. The van der Waals surface area contributed by atoms with Crippen LogP contribution in [0.4, 0.5) is 0 Å². The molecule has 0 amide bonds. The van der Waals surface area contributed by atoms with Crippen LogP contribution < -0.4 is 5.32 Å². The average molecular weight is 77.1 g/mol. The maximum absolute atomic E-state index is 2.75. The lowest BCUT2D eigenvalue weighted by Gasteiger charge is -1.84. The quantitative estimate of drug-likeness (QED) is 0.386. The largest absolute Gasteiger partial charge is 0.333 e. The lowest BCUT2D eigenvalue weighted by molar-refractivity contribution is 1.05. The van der Waals surface area contributed by atoms with E-state index >= 15 is 0 Å². The summed E-state index contributed by atoms with van der Waals surface area (Å²) in [7, 11) is 0. The van der Waals surface area contributed by atoms with Crippen LogP contribution in [-0.2, 0) is 0 Å². The van der Waals surface area contributed by atoms with Gasteiger partial charge in [-0.1, -0.05) is 5.92 Å². The number of nitrogens with one attached hydrogen (secondary N) is 1. The summed E-state index contributed by atoms with van der Waals surface area (Å²) in [5.74, 6) is 7.92. The lowest BCUT2D eigenvalue weighted by atomic mass is 10.5. The van der Waals surface area contributed by atoms with E-state index in [0.29, 0.717) is 6.54 Å². The van der Waals surface area contributed by atoms with Crippen LogP contribution >= 0.6 is 0 Å². The Hall–Kier alpha value is -1.08. The third-order valence-corrected chi connectivity index (χ3v) is 0.479. The highest BCUT2D eigenvalue weighted by molar-refractivity contribution is 5.29. The Morgan fingerprint density at radius 2 is 2.33 bits per heavy atom. The fraction of sp³-hybridized carbons (Fsp3) is 0.200. The molecular formula is C5H3N. The van der Waals surface area contributed by atoms with E-state index in [1.165, 1.54) is 0 Å². The molecule has 0 spiro atoms. The second kappa shape index (κ2) is 1.38. The van der Waals surface area contributed by atoms with E-state index in [4.69, 9.17) is 0 Å². The van der Waals surface area contributed by atoms with Crippen LogP contribution in [0.5, 0.6) is 0 Å². The van der Waals surface area contributed by atoms with Crippen molar-refractivity contribution in [2.24, 2.45) is 0 Å². The van der Waals surface area contributed by atoms with E-state index in [2.05, 4.69) is 29.1 Å². The highest BCUT2D eigenvalue weighted by atomic mass is 14.8. The van der Waals surface area contributed by atoms with E-state index in [0.717, 1.165) is 0 Å². The van der Waals surface area contributed by atoms with Crippen molar-refractivity contribution in [1.82, 2.24) is 5.32 Å². The Morgan fingerprint density at radius 1 is 1.33 bits per heavy atom. The third kappa shape index (κ3) is 0.445. The predicted octanol–water partition coefficient (Wildman–Crippen LogP) is -0.446. The minimum atomic E-state index is 0.715. The Morgan fingerprint density at radius 3 is 2.50 bits per heavy atom. The standard InChI is InChI=1S/C5H3N/c1-2-4-6-5-3-1/h6H,4H2. The van der Waals surface area contributed by atoms with Crippen molar-refractivity contribution in [3.63, 3.8) is 0 Å². The van der Waals surface area contributed by atoms with Crippen molar-refractivity contribution < 1.29 is 0 Å². The number of hydrogen-bond acceptors (Lipinski definition) is 1. The molecule has 0 bridgehead atoms. The molecule has 0 aliphatic carbocycles. The molecule has 0 aromatic heterocycles. The first-order chi connectivity index (χ1) is 3.00. The van der Waals surface area contributed by atoms with Crippen molar-refractivity contribution in [3.05, 3.63) is 0 Å². The van der Waals surface area contributed by atoms with Gasteiger partial charge in [0.25, 0.3) is 0 Å². The van der Waals surface area contributed by atoms with Gasteiger partial charge >= 0.3 is 0 Å². The summed E-state index contributed by atoms with van der Waals surface area (Å²) in [4.78, 5) is 0. The summed E-state index contributed by atoms with van der Waals surface area (Å²) in [5, 5.41) is 2.75. The predicted molar refractivity (Wildman–Crippen MR) is 23.6 cm³/mol. The molecule has 0 aromatic carbocycles. The summed E-state index contributed by atoms with van der Waals surface area (Å²) in [5.41, 5.74) is 0. The normalized spacial score (nSPS) is 12.0. The molecule has 6 heavy (non-hydrogen) atoms. The average Bonchev–Trinajstić information content (AvgIpc) is 1.72. The number of rotatable bonds is 0. The molecule has 1 nitrogen and oxygen atoms in total. The highest BCUT2D eigenvalue weighted by Crippen LogP contribution is 1.58. The molecule has 1 rings (SSSR count). The molecule has 0 aromatic rings.